The lowest BCUT2D eigenvalue weighted by molar-refractivity contribution is -0.143. The highest BCUT2D eigenvalue weighted by atomic mass is 16.5. The molecule has 1 heterocycles. The van der Waals surface area contributed by atoms with Gasteiger partial charge < -0.3 is 18.8 Å². The fraction of sp³-hybridized carbons (Fsp3) is 0.300. The lowest BCUT2D eigenvalue weighted by Crippen LogP contribution is -2.31. The fourth-order valence-corrected chi connectivity index (χ4v) is 2.34. The van der Waals surface area contributed by atoms with Gasteiger partial charge in [0.05, 0.1) is 32.9 Å². The van der Waals surface area contributed by atoms with Gasteiger partial charge in [-0.05, 0) is 42.8 Å². The first-order valence-corrected chi connectivity index (χ1v) is 8.41. The molecule has 1 aromatic heterocycles. The molecule has 0 N–H and O–H groups in total. The standard InChI is InChI=1S/C20H23NO5/c1-3-25-20(23)11-12-21(15-18-8-5-13-26-18)19(22)10-9-16-6-4-7-17(14-16)24-2/h4-10,13-14H,3,11-12,15H2,1-2H3/b10-9+. The maximum atomic E-state index is 12.6. The molecule has 0 radical (unpaired) electrons. The molecule has 0 aliphatic rings. The first-order valence-electron chi connectivity index (χ1n) is 8.41. The molecule has 138 valence electrons. The van der Waals surface area contributed by atoms with Crippen molar-refractivity contribution in [3.8, 4) is 5.75 Å². The number of hydrogen-bond acceptors (Lipinski definition) is 5. The highest BCUT2D eigenvalue weighted by Crippen LogP contribution is 2.14. The van der Waals surface area contributed by atoms with E-state index >= 15 is 0 Å². The Balaban J connectivity index is 2.05. The maximum absolute atomic E-state index is 12.6. The van der Waals surface area contributed by atoms with E-state index in [1.165, 1.54) is 6.08 Å². The van der Waals surface area contributed by atoms with Crippen LogP contribution in [-0.4, -0.2) is 37.0 Å². The lowest BCUT2D eigenvalue weighted by atomic mass is 10.2. The normalized spacial score (nSPS) is 10.7. The van der Waals surface area contributed by atoms with E-state index in [1.807, 2.05) is 24.3 Å². The van der Waals surface area contributed by atoms with E-state index in [4.69, 9.17) is 13.9 Å². The van der Waals surface area contributed by atoms with Gasteiger partial charge in [0.15, 0.2) is 0 Å². The third-order valence-electron chi connectivity index (χ3n) is 3.64. The monoisotopic (exact) mass is 357 g/mol. The number of hydrogen-bond donors (Lipinski definition) is 0. The van der Waals surface area contributed by atoms with Crippen LogP contribution in [0.1, 0.15) is 24.7 Å². The molecule has 0 unspecified atom stereocenters. The number of esters is 1. The molecule has 0 fully saturated rings. The number of carbonyl (C=O) groups excluding carboxylic acids is 2. The van der Waals surface area contributed by atoms with Gasteiger partial charge in [0.25, 0.3) is 0 Å². The van der Waals surface area contributed by atoms with Crippen molar-refractivity contribution in [2.24, 2.45) is 0 Å². The smallest absolute Gasteiger partial charge is 0.307 e. The van der Waals surface area contributed by atoms with E-state index in [0.717, 1.165) is 5.56 Å². The summed E-state index contributed by atoms with van der Waals surface area (Å²) in [5.41, 5.74) is 0.848. The van der Waals surface area contributed by atoms with E-state index < -0.39 is 0 Å². The molecule has 26 heavy (non-hydrogen) atoms. The van der Waals surface area contributed by atoms with Crippen LogP contribution >= 0.6 is 0 Å². The van der Waals surface area contributed by atoms with Crippen molar-refractivity contribution < 1.29 is 23.5 Å². The summed E-state index contributed by atoms with van der Waals surface area (Å²) in [6, 6.07) is 10.9. The van der Waals surface area contributed by atoms with Crippen LogP contribution in [0.3, 0.4) is 0 Å². The molecule has 0 spiro atoms. The van der Waals surface area contributed by atoms with Crippen molar-refractivity contribution in [1.29, 1.82) is 0 Å². The van der Waals surface area contributed by atoms with Crippen molar-refractivity contribution in [2.75, 3.05) is 20.3 Å². The van der Waals surface area contributed by atoms with Crippen molar-refractivity contribution in [3.63, 3.8) is 0 Å². The number of benzene rings is 1. The zero-order valence-corrected chi connectivity index (χ0v) is 15.0. The minimum atomic E-state index is -0.332. The van der Waals surface area contributed by atoms with Gasteiger partial charge in [0, 0.05) is 12.6 Å². The predicted octanol–water partition coefficient (Wildman–Crippen LogP) is 3.28. The average Bonchev–Trinajstić information content (AvgIpc) is 3.16. The van der Waals surface area contributed by atoms with Gasteiger partial charge in [0.2, 0.25) is 5.91 Å². The number of amides is 1. The van der Waals surface area contributed by atoms with Crippen molar-refractivity contribution in [1.82, 2.24) is 4.90 Å². The summed E-state index contributed by atoms with van der Waals surface area (Å²) in [6.07, 6.45) is 4.87. The number of ether oxygens (including phenoxy) is 2. The molecule has 1 amide bonds. The Bertz CT molecular complexity index is 736. The largest absolute Gasteiger partial charge is 0.497 e. The van der Waals surface area contributed by atoms with Gasteiger partial charge in [-0.1, -0.05) is 12.1 Å². The first kappa shape index (κ1) is 19.3. The number of nitrogens with zero attached hydrogens (tertiary/aromatic N) is 1. The number of furan rings is 1. The zero-order valence-electron chi connectivity index (χ0n) is 15.0. The van der Waals surface area contributed by atoms with E-state index in [1.54, 1.807) is 43.4 Å². The molecule has 0 saturated heterocycles. The molecule has 0 aliphatic heterocycles. The molecular weight excluding hydrogens is 334 g/mol. The van der Waals surface area contributed by atoms with E-state index in [-0.39, 0.29) is 31.4 Å². The van der Waals surface area contributed by atoms with Gasteiger partial charge in [0.1, 0.15) is 11.5 Å². The summed E-state index contributed by atoms with van der Waals surface area (Å²) < 4.78 is 15.4. The Morgan fingerprint density at radius 1 is 1.23 bits per heavy atom. The molecule has 1 aromatic carbocycles. The van der Waals surface area contributed by atoms with Gasteiger partial charge in [-0.2, -0.15) is 0 Å². The lowest BCUT2D eigenvalue weighted by Gasteiger charge is -2.19. The fourth-order valence-electron chi connectivity index (χ4n) is 2.34. The molecule has 2 aromatic rings. The van der Waals surface area contributed by atoms with Crippen LogP contribution in [0.2, 0.25) is 0 Å². The van der Waals surface area contributed by atoms with Crippen molar-refractivity contribution >= 4 is 18.0 Å². The molecule has 0 saturated carbocycles. The van der Waals surface area contributed by atoms with Crippen LogP contribution in [0.5, 0.6) is 5.75 Å². The Kier molecular flexibility index (Phi) is 7.49. The predicted molar refractivity (Wildman–Crippen MR) is 97.4 cm³/mol. The topological polar surface area (TPSA) is 69.0 Å². The van der Waals surface area contributed by atoms with Crippen LogP contribution < -0.4 is 4.74 Å². The van der Waals surface area contributed by atoms with Crippen molar-refractivity contribution in [3.05, 3.63) is 60.1 Å². The third kappa shape index (κ3) is 6.12. The summed E-state index contributed by atoms with van der Waals surface area (Å²) in [7, 11) is 1.59. The molecule has 2 rings (SSSR count). The number of rotatable bonds is 9. The Labute approximate surface area is 153 Å². The molecular formula is C20H23NO5. The van der Waals surface area contributed by atoms with Gasteiger partial charge >= 0.3 is 5.97 Å². The van der Waals surface area contributed by atoms with Crippen LogP contribution in [0.25, 0.3) is 6.08 Å². The minimum Gasteiger partial charge on any atom is -0.497 e. The minimum absolute atomic E-state index is 0.132. The molecule has 0 aliphatic carbocycles. The summed E-state index contributed by atoms with van der Waals surface area (Å²) in [5.74, 6) is 0.821. The molecule has 6 nitrogen and oxygen atoms in total. The molecule has 0 bridgehead atoms. The highest BCUT2D eigenvalue weighted by Gasteiger charge is 2.15. The van der Waals surface area contributed by atoms with Crippen molar-refractivity contribution in [2.45, 2.75) is 19.9 Å². The SMILES string of the molecule is CCOC(=O)CCN(Cc1ccco1)C(=O)/C=C/c1cccc(OC)c1. The quantitative estimate of drug-likeness (QED) is 0.509. The maximum Gasteiger partial charge on any atom is 0.307 e. The number of methoxy groups -OCH3 is 1. The third-order valence-corrected chi connectivity index (χ3v) is 3.64. The second-order valence-corrected chi connectivity index (χ2v) is 5.50. The second kappa shape index (κ2) is 10.1. The molecule has 0 atom stereocenters. The Morgan fingerprint density at radius 2 is 2.08 bits per heavy atom. The summed E-state index contributed by atoms with van der Waals surface area (Å²) >= 11 is 0. The first-order chi connectivity index (χ1) is 12.6. The van der Waals surface area contributed by atoms with Gasteiger partial charge in [-0.15, -0.1) is 0 Å². The summed E-state index contributed by atoms with van der Waals surface area (Å²) in [6.45, 7) is 2.61. The number of carbonyl (C=O) groups is 2. The second-order valence-electron chi connectivity index (χ2n) is 5.50. The van der Waals surface area contributed by atoms with Crippen LogP contribution in [0, 0.1) is 0 Å². The van der Waals surface area contributed by atoms with E-state index in [0.29, 0.717) is 18.1 Å². The molecule has 6 heteroatoms. The zero-order chi connectivity index (χ0) is 18.8. The Hall–Kier alpha value is -3.02. The average molecular weight is 357 g/mol. The highest BCUT2D eigenvalue weighted by molar-refractivity contribution is 5.92. The van der Waals surface area contributed by atoms with Crippen LogP contribution in [-0.2, 0) is 20.9 Å². The van der Waals surface area contributed by atoms with Crippen LogP contribution in [0.15, 0.2) is 53.2 Å². The van der Waals surface area contributed by atoms with Crippen LogP contribution in [0.4, 0.5) is 0 Å². The Morgan fingerprint density at radius 3 is 2.77 bits per heavy atom. The van der Waals surface area contributed by atoms with E-state index in [9.17, 15) is 9.59 Å². The van der Waals surface area contributed by atoms with Gasteiger partial charge in [-0.25, -0.2) is 0 Å². The summed E-state index contributed by atoms with van der Waals surface area (Å²) in [4.78, 5) is 25.7. The van der Waals surface area contributed by atoms with E-state index in [2.05, 4.69) is 0 Å². The summed E-state index contributed by atoms with van der Waals surface area (Å²) in [5, 5.41) is 0. The van der Waals surface area contributed by atoms with Gasteiger partial charge in [-0.3, -0.25) is 9.59 Å².